The van der Waals surface area contributed by atoms with Gasteiger partial charge in [-0.2, -0.15) is 0 Å². The van der Waals surface area contributed by atoms with Gasteiger partial charge >= 0.3 is 5.97 Å². The summed E-state index contributed by atoms with van der Waals surface area (Å²) in [6, 6.07) is 0. The van der Waals surface area contributed by atoms with Crippen LogP contribution < -0.4 is 0 Å². The van der Waals surface area contributed by atoms with E-state index in [0.717, 1.165) is 51.4 Å². The van der Waals surface area contributed by atoms with Gasteiger partial charge in [-0.1, -0.05) is 6.42 Å². The number of hydrogen-bond acceptors (Lipinski definition) is 5. The number of esters is 1. The van der Waals surface area contributed by atoms with Crippen molar-refractivity contribution in [2.24, 2.45) is 5.92 Å². The summed E-state index contributed by atoms with van der Waals surface area (Å²) >= 11 is 0. The predicted molar refractivity (Wildman–Crippen MR) is 91.7 cm³/mol. The van der Waals surface area contributed by atoms with Crippen molar-refractivity contribution in [1.29, 1.82) is 0 Å². The molecule has 140 valence electrons. The maximum Gasteiger partial charge on any atom is 0.338 e. The molecule has 2 saturated carbocycles. The van der Waals surface area contributed by atoms with Crippen LogP contribution >= 0.6 is 0 Å². The van der Waals surface area contributed by atoms with Crippen LogP contribution in [-0.2, 0) is 23.7 Å². The summed E-state index contributed by atoms with van der Waals surface area (Å²) in [4.78, 5) is 12.7. The van der Waals surface area contributed by atoms with E-state index in [9.17, 15) is 4.79 Å². The maximum atomic E-state index is 12.7. The van der Waals surface area contributed by atoms with Crippen molar-refractivity contribution in [3.05, 3.63) is 0 Å². The molecule has 0 N–H and O–H groups in total. The SMILES string of the molecule is COCOC1CCCC(COC2(C(=O)OC(C)(C)C)CCCC2)C1. The van der Waals surface area contributed by atoms with Crippen LogP contribution in [0.5, 0.6) is 0 Å². The highest BCUT2D eigenvalue weighted by Crippen LogP contribution is 2.37. The van der Waals surface area contributed by atoms with Crippen molar-refractivity contribution in [3.8, 4) is 0 Å². The average molecular weight is 342 g/mol. The highest BCUT2D eigenvalue weighted by Gasteiger charge is 2.45. The molecule has 0 aromatic carbocycles. The predicted octanol–water partition coefficient (Wildman–Crippen LogP) is 3.84. The lowest BCUT2D eigenvalue weighted by molar-refractivity contribution is -0.186. The fraction of sp³-hybridized carbons (Fsp3) is 0.947. The van der Waals surface area contributed by atoms with E-state index >= 15 is 0 Å². The lowest BCUT2D eigenvalue weighted by Gasteiger charge is -2.34. The number of carbonyl (C=O) groups is 1. The molecule has 2 aliphatic carbocycles. The third kappa shape index (κ3) is 5.71. The molecule has 0 radical (unpaired) electrons. The molecule has 2 fully saturated rings. The fourth-order valence-electron chi connectivity index (χ4n) is 3.71. The lowest BCUT2D eigenvalue weighted by Crippen LogP contribution is -2.45. The number of hydrogen-bond donors (Lipinski definition) is 0. The van der Waals surface area contributed by atoms with Crippen LogP contribution in [0.15, 0.2) is 0 Å². The minimum atomic E-state index is -0.729. The fourth-order valence-corrected chi connectivity index (χ4v) is 3.71. The molecule has 5 heteroatoms. The van der Waals surface area contributed by atoms with E-state index in [-0.39, 0.29) is 12.1 Å². The van der Waals surface area contributed by atoms with E-state index in [0.29, 0.717) is 19.3 Å². The molecule has 0 spiro atoms. The van der Waals surface area contributed by atoms with Crippen molar-refractivity contribution >= 4 is 5.97 Å². The topological polar surface area (TPSA) is 54.0 Å². The van der Waals surface area contributed by atoms with Gasteiger partial charge < -0.3 is 18.9 Å². The second-order valence-corrected chi connectivity index (χ2v) is 8.24. The highest BCUT2D eigenvalue weighted by atomic mass is 16.7. The quantitative estimate of drug-likeness (QED) is 0.520. The Hall–Kier alpha value is -0.650. The highest BCUT2D eigenvalue weighted by molar-refractivity contribution is 5.80. The van der Waals surface area contributed by atoms with Gasteiger partial charge in [0.15, 0.2) is 5.60 Å². The van der Waals surface area contributed by atoms with Crippen molar-refractivity contribution in [2.75, 3.05) is 20.5 Å². The van der Waals surface area contributed by atoms with Gasteiger partial charge in [-0.05, 0) is 71.6 Å². The van der Waals surface area contributed by atoms with Gasteiger partial charge in [-0.25, -0.2) is 4.79 Å². The number of carbonyl (C=O) groups excluding carboxylic acids is 1. The summed E-state index contributed by atoms with van der Waals surface area (Å²) in [5.74, 6) is 0.260. The van der Waals surface area contributed by atoms with Crippen LogP contribution in [-0.4, -0.2) is 43.8 Å². The zero-order chi connectivity index (χ0) is 17.6. The second kappa shape index (κ2) is 8.63. The van der Waals surface area contributed by atoms with E-state index in [1.165, 1.54) is 0 Å². The first-order valence-electron chi connectivity index (χ1n) is 9.32. The van der Waals surface area contributed by atoms with E-state index in [1.807, 2.05) is 20.8 Å². The molecule has 0 heterocycles. The summed E-state index contributed by atoms with van der Waals surface area (Å²) in [5.41, 5.74) is -1.20. The van der Waals surface area contributed by atoms with E-state index in [4.69, 9.17) is 18.9 Å². The third-order valence-electron chi connectivity index (χ3n) is 4.93. The number of rotatable bonds is 7. The van der Waals surface area contributed by atoms with Crippen LogP contribution in [0.25, 0.3) is 0 Å². The first-order chi connectivity index (χ1) is 11.3. The van der Waals surface area contributed by atoms with E-state index < -0.39 is 11.2 Å². The summed E-state index contributed by atoms with van der Waals surface area (Å²) in [5, 5.41) is 0. The molecule has 24 heavy (non-hydrogen) atoms. The Balaban J connectivity index is 1.88. The monoisotopic (exact) mass is 342 g/mol. The molecule has 0 saturated heterocycles. The first-order valence-corrected chi connectivity index (χ1v) is 9.32. The first kappa shape index (κ1) is 19.7. The minimum absolute atomic E-state index is 0.185. The molecular formula is C19H34O5. The van der Waals surface area contributed by atoms with Gasteiger partial charge in [-0.3, -0.25) is 0 Å². The van der Waals surface area contributed by atoms with Crippen LogP contribution in [0.1, 0.15) is 72.1 Å². The molecule has 0 aliphatic heterocycles. The van der Waals surface area contributed by atoms with Crippen molar-refractivity contribution in [3.63, 3.8) is 0 Å². The molecule has 0 amide bonds. The van der Waals surface area contributed by atoms with Crippen LogP contribution in [0, 0.1) is 5.92 Å². The number of ether oxygens (including phenoxy) is 4. The zero-order valence-electron chi connectivity index (χ0n) is 15.8. The second-order valence-electron chi connectivity index (χ2n) is 8.24. The molecule has 2 unspecified atom stereocenters. The minimum Gasteiger partial charge on any atom is -0.458 e. The van der Waals surface area contributed by atoms with Gasteiger partial charge in [0.25, 0.3) is 0 Å². The van der Waals surface area contributed by atoms with Crippen LogP contribution in [0.3, 0.4) is 0 Å². The van der Waals surface area contributed by atoms with Gasteiger partial charge in [0.05, 0.1) is 12.7 Å². The molecule has 2 atom stereocenters. The maximum absolute atomic E-state index is 12.7. The summed E-state index contributed by atoms with van der Waals surface area (Å²) < 4.78 is 22.6. The van der Waals surface area contributed by atoms with Crippen LogP contribution in [0.4, 0.5) is 0 Å². The summed E-state index contributed by atoms with van der Waals surface area (Å²) in [6.45, 7) is 6.69. The Labute approximate surface area is 146 Å². The Morgan fingerprint density at radius 1 is 1.12 bits per heavy atom. The Kier molecular flexibility index (Phi) is 7.08. The Bertz CT molecular complexity index is 395. The summed E-state index contributed by atoms with van der Waals surface area (Å²) in [6.07, 6.45) is 8.20. The van der Waals surface area contributed by atoms with Gasteiger partial charge in [-0.15, -0.1) is 0 Å². The summed E-state index contributed by atoms with van der Waals surface area (Å²) in [7, 11) is 1.65. The normalized spacial score (nSPS) is 27.2. The van der Waals surface area contributed by atoms with E-state index in [1.54, 1.807) is 7.11 Å². The lowest BCUT2D eigenvalue weighted by atomic mass is 9.87. The van der Waals surface area contributed by atoms with Gasteiger partial charge in [0.1, 0.15) is 12.4 Å². The standard InChI is InChI=1S/C19H34O5/c1-18(2,3)24-17(20)19(10-5-6-11-19)23-13-15-8-7-9-16(12-15)22-14-21-4/h15-16H,5-14H2,1-4H3. The zero-order valence-corrected chi connectivity index (χ0v) is 15.8. The Morgan fingerprint density at radius 2 is 1.83 bits per heavy atom. The smallest absolute Gasteiger partial charge is 0.338 e. The average Bonchev–Trinajstić information content (AvgIpc) is 3.00. The third-order valence-corrected chi connectivity index (χ3v) is 4.93. The molecule has 0 aromatic heterocycles. The number of methoxy groups -OCH3 is 1. The Morgan fingerprint density at radius 3 is 2.46 bits per heavy atom. The molecular weight excluding hydrogens is 308 g/mol. The van der Waals surface area contributed by atoms with E-state index in [2.05, 4.69) is 0 Å². The molecule has 0 bridgehead atoms. The molecule has 0 aromatic rings. The largest absolute Gasteiger partial charge is 0.458 e. The van der Waals surface area contributed by atoms with Crippen molar-refractivity contribution < 1.29 is 23.7 Å². The molecule has 5 nitrogen and oxygen atoms in total. The van der Waals surface area contributed by atoms with Gasteiger partial charge in [0.2, 0.25) is 0 Å². The van der Waals surface area contributed by atoms with Crippen molar-refractivity contribution in [1.82, 2.24) is 0 Å². The van der Waals surface area contributed by atoms with Gasteiger partial charge in [0, 0.05) is 7.11 Å². The molecule has 2 rings (SSSR count). The van der Waals surface area contributed by atoms with Crippen molar-refractivity contribution in [2.45, 2.75) is 89.4 Å². The molecule has 2 aliphatic rings. The van der Waals surface area contributed by atoms with Crippen LogP contribution in [0.2, 0.25) is 0 Å².